The van der Waals surface area contributed by atoms with Crippen molar-refractivity contribution >= 4 is 143 Å². The van der Waals surface area contributed by atoms with Crippen LogP contribution in [0.15, 0.2) is 85.2 Å². The minimum Gasteiger partial charge on any atom is -0.508 e. The number of carbonyl (C=O) groups excluding carboxylic acids is 15. The van der Waals surface area contributed by atoms with Crippen LogP contribution < -0.4 is 97.4 Å². The topological polar surface area (TPSA) is 737 Å². The van der Waals surface area contributed by atoms with Crippen LogP contribution in [0.2, 0.25) is 0 Å². The first-order chi connectivity index (χ1) is 59.9. The summed E-state index contributed by atoms with van der Waals surface area (Å²) in [6.45, 7) is -0.308. The maximum absolute atomic E-state index is 15.3. The molecular weight excluding hydrogens is 1690 g/mol. The van der Waals surface area contributed by atoms with Gasteiger partial charge in [0.25, 0.3) is 0 Å². The summed E-state index contributed by atoms with van der Waals surface area (Å²) >= 11 is 8.53. The molecule has 46 nitrogen and oxygen atoms in total. The van der Waals surface area contributed by atoms with E-state index < -0.39 is 242 Å². The third-order valence-corrected chi connectivity index (χ3v) is 21.1. The van der Waals surface area contributed by atoms with E-state index in [0.717, 1.165) is 11.8 Å². The number of fused-ring (bicyclic) bond motifs is 4. The normalized spacial score (nSPS) is 21.6. The van der Waals surface area contributed by atoms with Crippen molar-refractivity contribution in [1.29, 1.82) is 5.41 Å². The van der Waals surface area contributed by atoms with Crippen LogP contribution >= 0.6 is 25.3 Å². The van der Waals surface area contributed by atoms with Gasteiger partial charge >= 0.3 is 18.0 Å². The molecule has 29 N–H and O–H groups in total. The lowest BCUT2D eigenvalue weighted by Crippen LogP contribution is -2.62. The van der Waals surface area contributed by atoms with Crippen molar-refractivity contribution in [3.05, 3.63) is 108 Å². The number of guanidine groups is 1. The Morgan fingerprint density at radius 3 is 1.74 bits per heavy atom. The van der Waals surface area contributed by atoms with Crippen molar-refractivity contribution in [2.45, 2.75) is 201 Å². The largest absolute Gasteiger partial charge is 0.508 e. The molecule has 16 amide bonds. The van der Waals surface area contributed by atoms with E-state index in [9.17, 15) is 87.9 Å². The van der Waals surface area contributed by atoms with E-state index >= 15 is 19.2 Å². The molecule has 2 aliphatic heterocycles. The molecular formula is C78H108N24O22S2. The highest BCUT2D eigenvalue weighted by Gasteiger charge is 2.43. The van der Waals surface area contributed by atoms with Crippen LogP contribution in [0, 0.1) is 5.41 Å². The number of phenols is 2. The van der Waals surface area contributed by atoms with Gasteiger partial charge in [-0.25, -0.2) is 9.59 Å². The highest BCUT2D eigenvalue weighted by molar-refractivity contribution is 7.80. The molecule has 2 aliphatic rings. The lowest BCUT2D eigenvalue weighted by molar-refractivity contribution is -0.146. The minimum absolute atomic E-state index is 0.00244. The number of nitrogens with one attached hydrogen (secondary N) is 16. The first-order valence-corrected chi connectivity index (χ1v) is 41.6. The van der Waals surface area contributed by atoms with E-state index in [1.54, 1.807) is 30.5 Å². The SMILES string of the molecule is C[C@@H](O)[C@@H]1NC(=O)[C@@H](NC(=O)[C@H](CS)NC(=O)CN)Cc2cn(nn2)CCCC(C(=O)N[C@@H](Cc2ccc(O)cc2)C(=O)N[C@H](Cc2ccc(O)cc2)C(=O)O)NC(=O)[C@H](CCC(N)=O)NC(=O)[C@H](CCc2c[nH]c3ccccc23)NC(=O)[C@H](CCCNC(N)=O)NC(=O)[C@H](CS)NC(=O)[C@H](CCCNC(=N)N)NC(=O)[C@@H]2CCCN2C(=O)[C@H](CC(=O)O)NC1=O. The van der Waals surface area contributed by atoms with E-state index in [-0.39, 0.29) is 113 Å². The Labute approximate surface area is 731 Å². The number of amides is 16. The fourth-order valence-corrected chi connectivity index (χ4v) is 14.3. The number of aliphatic hydroxyl groups is 1. The molecule has 2 bridgehead atoms. The number of aromatic hydroxyl groups is 2. The summed E-state index contributed by atoms with van der Waals surface area (Å²) in [6, 6.07) is -5.90. The highest BCUT2D eigenvalue weighted by Crippen LogP contribution is 2.24. The van der Waals surface area contributed by atoms with Gasteiger partial charge in [-0.1, -0.05) is 47.7 Å². The minimum atomic E-state index is -2.10. The van der Waals surface area contributed by atoms with Crippen LogP contribution in [0.25, 0.3) is 10.9 Å². The average molecular weight is 1800 g/mol. The first kappa shape index (κ1) is 99.7. The summed E-state index contributed by atoms with van der Waals surface area (Å²) in [5.41, 5.74) is 23.9. The van der Waals surface area contributed by atoms with E-state index in [4.69, 9.17) is 28.3 Å². The number of hydrogen-bond donors (Lipinski definition) is 27. The monoisotopic (exact) mass is 1800 g/mol. The van der Waals surface area contributed by atoms with Crippen LogP contribution in [0.3, 0.4) is 0 Å². The van der Waals surface area contributed by atoms with Gasteiger partial charge in [-0.2, -0.15) is 25.3 Å². The van der Waals surface area contributed by atoms with Crippen molar-refractivity contribution in [3.8, 4) is 11.5 Å². The molecule has 2 aromatic heterocycles. The molecule has 0 aliphatic carbocycles. The number of nitrogens with zero attached hydrogens (tertiary/aromatic N) is 4. The third kappa shape index (κ3) is 31.4. The van der Waals surface area contributed by atoms with E-state index in [0.29, 0.717) is 27.6 Å². The molecule has 3 aromatic carbocycles. The summed E-state index contributed by atoms with van der Waals surface area (Å²) in [5, 5.41) is 104. The van der Waals surface area contributed by atoms with Crippen LogP contribution in [-0.4, -0.2) is 279 Å². The van der Waals surface area contributed by atoms with Crippen molar-refractivity contribution < 1.29 is 107 Å². The second kappa shape index (κ2) is 49.2. The van der Waals surface area contributed by atoms with E-state index in [2.05, 4.69) is 115 Å². The zero-order valence-corrected chi connectivity index (χ0v) is 70.4. The number of carboxylic acid groups (broad SMARTS) is 2. The predicted molar refractivity (Wildman–Crippen MR) is 454 cm³/mol. The van der Waals surface area contributed by atoms with Crippen LogP contribution in [0.1, 0.15) is 106 Å². The number of aryl methyl sites for hydroxylation is 2. The molecule has 14 atom stereocenters. The number of carbonyl (C=O) groups is 17. The standard InChI is InChI=1S/C78H108N24O22S2/c1-39(103)63-74(120)95-55(33-62(108)109)75(121)102-29-7-13-59(102)73(119)92-49(10-4-26-84-77(81)82)66(112)97-58(38-126)72(118)89-48(11-5-27-85-78(83)124)64(110)90-51(23-18-42-35-86-47-9-3-2-8-46(42)47)67(113)91-52(24-25-60(80)106)68(114)88-50(12-6-28-101-36-43(99-100-101)32-54(70(116)98-63)94-71(117)57(37-125)87-61(107)34-79)65(111)93-53(30-40-14-19-44(104)20-15-40)69(115)96-56(76(122)123)31-41-16-21-45(105)22-17-41/h2-3,8-9,14-17,19-22,35-36,39,48-59,63,86,103-105,125-126H,4-7,10-13,18,23-34,37-38,79H2,1H3,(H2,80,106)(H,87,107)(H,88,114)(H,89,118)(H,90,110)(H,91,113)(H,92,119)(H,93,111)(H,94,117)(H,95,120)(H,96,115)(H,97,112)(H,98,116)(H,108,109)(H,122,123)(H4,81,82,84)(H3,83,85,124)/t39-,48+,49+,50?,51+,52+,53+,54+,55+,56-,57+,58+,59+,63+/m1/s1. The van der Waals surface area contributed by atoms with Crippen LogP contribution in [0.5, 0.6) is 11.5 Å². The number of carboxylic acids is 2. The number of aromatic nitrogens is 4. The van der Waals surface area contributed by atoms with Crippen LogP contribution in [-0.2, 0) is 109 Å². The number of nitrogens with two attached hydrogens (primary N) is 4. The number of benzene rings is 3. The number of aromatic amines is 1. The van der Waals surface area contributed by atoms with Gasteiger partial charge in [0.1, 0.15) is 90.0 Å². The molecule has 7 rings (SSSR count). The Kier molecular flexibility index (Phi) is 38.9. The number of para-hydroxylation sites is 1. The van der Waals surface area contributed by atoms with E-state index in [1.807, 2.05) is 0 Å². The van der Waals surface area contributed by atoms with Gasteiger partial charge in [-0.15, -0.1) is 5.10 Å². The molecule has 126 heavy (non-hydrogen) atoms. The Bertz CT molecular complexity index is 4710. The smallest absolute Gasteiger partial charge is 0.326 e. The zero-order valence-electron chi connectivity index (χ0n) is 68.6. The van der Waals surface area contributed by atoms with E-state index in [1.165, 1.54) is 59.4 Å². The zero-order chi connectivity index (χ0) is 92.4. The maximum Gasteiger partial charge on any atom is 0.326 e. The first-order valence-electron chi connectivity index (χ1n) is 40.3. The number of thiol groups is 2. The fourth-order valence-electron chi connectivity index (χ4n) is 13.8. The second-order valence-electron chi connectivity index (χ2n) is 30.0. The Morgan fingerprint density at radius 1 is 0.611 bits per heavy atom. The molecule has 0 radical (unpaired) electrons. The second-order valence-corrected chi connectivity index (χ2v) is 30.8. The van der Waals surface area contributed by atoms with Gasteiger partial charge in [0.2, 0.25) is 82.7 Å². The lowest BCUT2D eigenvalue weighted by Gasteiger charge is -2.31. The quantitative estimate of drug-likeness (QED) is 0.00823. The molecule has 4 heterocycles. The third-order valence-electron chi connectivity index (χ3n) is 20.4. The van der Waals surface area contributed by atoms with Gasteiger partial charge in [-0.3, -0.25) is 82.0 Å². The van der Waals surface area contributed by atoms with Gasteiger partial charge < -0.3 is 133 Å². The molecule has 0 saturated carbocycles. The fraction of sp³-hybridized carbons (Fsp3) is 0.487. The summed E-state index contributed by atoms with van der Waals surface area (Å²) in [6.07, 6.45) is -4.48. The summed E-state index contributed by atoms with van der Waals surface area (Å²) in [7, 11) is 0. The molecule has 684 valence electrons. The predicted octanol–water partition coefficient (Wildman–Crippen LogP) is -6.83. The van der Waals surface area contributed by atoms with Crippen molar-refractivity contribution in [3.63, 3.8) is 0 Å². The van der Waals surface area contributed by atoms with Crippen molar-refractivity contribution in [2.24, 2.45) is 22.9 Å². The number of H-pyrrole nitrogens is 1. The lowest BCUT2D eigenvalue weighted by atomic mass is 10.0. The van der Waals surface area contributed by atoms with Gasteiger partial charge in [-0.05, 0) is 125 Å². The van der Waals surface area contributed by atoms with Crippen molar-refractivity contribution in [1.82, 2.24) is 99.3 Å². The maximum atomic E-state index is 15.3. The van der Waals surface area contributed by atoms with Gasteiger partial charge in [0, 0.05) is 86.7 Å². The molecule has 0 spiro atoms. The van der Waals surface area contributed by atoms with Crippen molar-refractivity contribution in [2.75, 3.05) is 37.7 Å². The molecule has 1 unspecified atom stereocenters. The Hall–Kier alpha value is -13.4. The Morgan fingerprint density at radius 2 is 1.17 bits per heavy atom. The van der Waals surface area contributed by atoms with Gasteiger partial charge in [0.15, 0.2) is 5.96 Å². The number of hydrogen-bond acceptors (Lipinski definition) is 26. The molecule has 5 aromatic rings. The number of phenolic OH excluding ortho intramolecular Hbond substituents is 2. The molecule has 48 heteroatoms. The molecule has 1 saturated heterocycles. The average Bonchev–Trinajstić information content (AvgIpc) is 1.53. The number of aliphatic hydroxyl groups excluding tert-OH is 1. The Balaban J connectivity index is 1.35. The summed E-state index contributed by atoms with van der Waals surface area (Å²) in [4.78, 5) is 244. The number of rotatable bonds is 32. The number of primary amides is 2. The van der Waals surface area contributed by atoms with Gasteiger partial charge in [0.05, 0.1) is 24.8 Å². The summed E-state index contributed by atoms with van der Waals surface area (Å²) in [5.74, 6) is -20.3. The number of aliphatic carboxylic acids is 2. The number of urea groups is 1. The summed E-state index contributed by atoms with van der Waals surface area (Å²) < 4.78 is 1.18. The molecule has 1 fully saturated rings. The van der Waals surface area contributed by atoms with Crippen LogP contribution in [0.4, 0.5) is 4.79 Å². The highest BCUT2D eigenvalue weighted by atomic mass is 32.1.